The molecule has 0 aliphatic carbocycles. The molecular formula is C22H28F3N3O6. The summed E-state index contributed by atoms with van der Waals surface area (Å²) in [7, 11) is 1.21. The molecule has 0 spiro atoms. The van der Waals surface area contributed by atoms with Crippen LogP contribution in [0.4, 0.5) is 13.2 Å². The molecule has 0 aliphatic heterocycles. The third-order valence-electron chi connectivity index (χ3n) is 4.69. The van der Waals surface area contributed by atoms with E-state index in [1.165, 1.54) is 7.05 Å². The Morgan fingerprint density at radius 1 is 1.18 bits per heavy atom. The molecule has 0 fully saturated rings. The van der Waals surface area contributed by atoms with Gasteiger partial charge >= 0.3 is 23.4 Å². The number of carbonyl (C=O) groups excluding carboxylic acids is 1. The van der Waals surface area contributed by atoms with Crippen LogP contribution in [0, 0.1) is 0 Å². The SMILES string of the molecule is CCC(=O)OCC(C)Oc1ccc(CCOc2nn(CCCC(F)(F)F)c(=O)n(C)c2=O)cc1. The van der Waals surface area contributed by atoms with E-state index in [0.717, 1.165) is 14.8 Å². The van der Waals surface area contributed by atoms with Crippen molar-refractivity contribution in [1.82, 2.24) is 14.3 Å². The monoisotopic (exact) mass is 487 g/mol. The van der Waals surface area contributed by atoms with Crippen molar-refractivity contribution in [3.8, 4) is 11.6 Å². The van der Waals surface area contributed by atoms with E-state index in [2.05, 4.69) is 5.10 Å². The van der Waals surface area contributed by atoms with E-state index in [-0.39, 0.29) is 44.1 Å². The lowest BCUT2D eigenvalue weighted by Gasteiger charge is -2.15. The molecule has 1 unspecified atom stereocenters. The lowest BCUT2D eigenvalue weighted by atomic mass is 10.1. The quantitative estimate of drug-likeness (QED) is 0.424. The molecule has 1 aromatic heterocycles. The van der Waals surface area contributed by atoms with Crippen LogP contribution in [-0.2, 0) is 29.5 Å². The number of esters is 1. The molecule has 0 aliphatic rings. The standard InChI is InChI=1S/C22H28F3N3O6/c1-4-18(29)33-14-15(2)34-17-8-6-16(7-9-17)10-13-32-19-20(30)27(3)21(31)28(26-19)12-5-11-22(23,24)25/h6-9,15H,4-5,10-14H2,1-3H3. The Kier molecular flexibility index (Phi) is 9.69. The minimum absolute atomic E-state index is 0.0621. The number of halogens is 3. The Balaban J connectivity index is 1.91. The first kappa shape index (κ1) is 26.9. The molecule has 9 nitrogen and oxygen atoms in total. The first-order valence-electron chi connectivity index (χ1n) is 10.8. The van der Waals surface area contributed by atoms with Gasteiger partial charge in [0.2, 0.25) is 0 Å². The second-order valence-electron chi connectivity index (χ2n) is 7.60. The molecule has 188 valence electrons. The van der Waals surface area contributed by atoms with Gasteiger partial charge < -0.3 is 14.2 Å². The van der Waals surface area contributed by atoms with Gasteiger partial charge in [-0.15, -0.1) is 5.10 Å². The molecule has 0 saturated heterocycles. The highest BCUT2D eigenvalue weighted by Crippen LogP contribution is 2.21. The average Bonchev–Trinajstić information content (AvgIpc) is 2.79. The number of rotatable bonds is 12. The number of carbonyl (C=O) groups is 1. The summed E-state index contributed by atoms with van der Waals surface area (Å²) in [5.74, 6) is -0.0671. The van der Waals surface area contributed by atoms with Crippen molar-refractivity contribution in [3.05, 3.63) is 50.7 Å². The zero-order chi connectivity index (χ0) is 25.3. The summed E-state index contributed by atoms with van der Waals surface area (Å²) in [4.78, 5) is 35.5. The van der Waals surface area contributed by atoms with Gasteiger partial charge in [0.25, 0.3) is 5.88 Å². The third-order valence-corrected chi connectivity index (χ3v) is 4.69. The van der Waals surface area contributed by atoms with Crippen LogP contribution in [-0.4, -0.2) is 45.8 Å². The second kappa shape index (κ2) is 12.2. The first-order chi connectivity index (χ1) is 16.0. The molecule has 0 bridgehead atoms. The minimum Gasteiger partial charge on any atom is -0.487 e. The van der Waals surface area contributed by atoms with Crippen molar-refractivity contribution in [2.75, 3.05) is 13.2 Å². The predicted molar refractivity (Wildman–Crippen MR) is 116 cm³/mol. The Labute approximate surface area is 194 Å². The number of benzene rings is 1. The van der Waals surface area contributed by atoms with Gasteiger partial charge in [-0.3, -0.25) is 14.2 Å². The van der Waals surface area contributed by atoms with Gasteiger partial charge in [0.15, 0.2) is 0 Å². The summed E-state index contributed by atoms with van der Waals surface area (Å²) in [5, 5.41) is 3.79. The number of ether oxygens (including phenoxy) is 3. The van der Waals surface area contributed by atoms with Gasteiger partial charge in [-0.1, -0.05) is 19.1 Å². The van der Waals surface area contributed by atoms with Gasteiger partial charge in [-0.05, 0) is 31.0 Å². The smallest absolute Gasteiger partial charge is 0.389 e. The molecule has 12 heteroatoms. The average molecular weight is 487 g/mol. The van der Waals surface area contributed by atoms with E-state index in [4.69, 9.17) is 14.2 Å². The molecule has 0 radical (unpaired) electrons. The molecule has 0 N–H and O–H groups in total. The summed E-state index contributed by atoms with van der Waals surface area (Å²) in [6.45, 7) is 3.40. The van der Waals surface area contributed by atoms with E-state index in [9.17, 15) is 27.6 Å². The molecule has 1 atom stereocenters. The predicted octanol–water partition coefficient (Wildman–Crippen LogP) is 2.63. The second-order valence-corrected chi connectivity index (χ2v) is 7.60. The fourth-order valence-electron chi connectivity index (χ4n) is 2.84. The van der Waals surface area contributed by atoms with Crippen LogP contribution < -0.4 is 20.7 Å². The van der Waals surface area contributed by atoms with Gasteiger partial charge in [-0.25, -0.2) is 9.48 Å². The van der Waals surface area contributed by atoms with Crippen molar-refractivity contribution in [2.45, 2.75) is 58.4 Å². The van der Waals surface area contributed by atoms with E-state index in [1.54, 1.807) is 38.1 Å². The van der Waals surface area contributed by atoms with E-state index >= 15 is 0 Å². The van der Waals surface area contributed by atoms with Crippen molar-refractivity contribution < 1.29 is 32.2 Å². The number of hydrogen-bond acceptors (Lipinski definition) is 7. The zero-order valence-corrected chi connectivity index (χ0v) is 19.3. The normalized spacial score (nSPS) is 12.3. The lowest BCUT2D eigenvalue weighted by Crippen LogP contribution is -2.40. The largest absolute Gasteiger partial charge is 0.487 e. The zero-order valence-electron chi connectivity index (χ0n) is 19.3. The van der Waals surface area contributed by atoms with E-state index < -0.39 is 23.8 Å². The fraction of sp³-hybridized carbons (Fsp3) is 0.545. The number of aryl methyl sites for hydroxylation is 1. The van der Waals surface area contributed by atoms with Crippen LogP contribution in [0.5, 0.6) is 11.6 Å². The number of aromatic nitrogens is 3. The molecular weight excluding hydrogens is 459 g/mol. The molecule has 0 amide bonds. The topological polar surface area (TPSA) is 102 Å². The molecule has 2 aromatic rings. The molecule has 2 rings (SSSR count). The Hall–Kier alpha value is -3.31. The maximum Gasteiger partial charge on any atom is 0.389 e. The van der Waals surface area contributed by atoms with Crippen molar-refractivity contribution in [1.29, 1.82) is 0 Å². The van der Waals surface area contributed by atoms with Crippen LogP contribution in [0.1, 0.15) is 38.7 Å². The lowest BCUT2D eigenvalue weighted by molar-refractivity contribution is -0.145. The van der Waals surface area contributed by atoms with Crippen molar-refractivity contribution in [3.63, 3.8) is 0 Å². The summed E-state index contributed by atoms with van der Waals surface area (Å²) >= 11 is 0. The Morgan fingerprint density at radius 3 is 2.47 bits per heavy atom. The summed E-state index contributed by atoms with van der Waals surface area (Å²) < 4.78 is 54.8. The van der Waals surface area contributed by atoms with E-state index in [1.807, 2.05) is 0 Å². The molecule has 34 heavy (non-hydrogen) atoms. The number of nitrogens with zero attached hydrogens (tertiary/aromatic N) is 3. The molecule has 1 aromatic carbocycles. The summed E-state index contributed by atoms with van der Waals surface area (Å²) in [6, 6.07) is 7.08. The van der Waals surface area contributed by atoms with E-state index in [0.29, 0.717) is 18.6 Å². The van der Waals surface area contributed by atoms with Crippen molar-refractivity contribution >= 4 is 5.97 Å². The van der Waals surface area contributed by atoms with Gasteiger partial charge in [-0.2, -0.15) is 13.2 Å². The van der Waals surface area contributed by atoms with Crippen LogP contribution in [0.15, 0.2) is 33.9 Å². The van der Waals surface area contributed by atoms with Crippen LogP contribution in [0.25, 0.3) is 0 Å². The van der Waals surface area contributed by atoms with Gasteiger partial charge in [0, 0.05) is 32.9 Å². The van der Waals surface area contributed by atoms with Crippen molar-refractivity contribution in [2.24, 2.45) is 7.05 Å². The maximum atomic E-state index is 12.4. The Morgan fingerprint density at radius 2 is 1.85 bits per heavy atom. The van der Waals surface area contributed by atoms with Gasteiger partial charge in [0.05, 0.1) is 6.61 Å². The van der Waals surface area contributed by atoms with Gasteiger partial charge in [0.1, 0.15) is 18.5 Å². The fourth-order valence-corrected chi connectivity index (χ4v) is 2.84. The Bertz CT molecular complexity index is 1060. The molecule has 0 saturated carbocycles. The maximum absolute atomic E-state index is 12.4. The highest BCUT2D eigenvalue weighted by Gasteiger charge is 2.26. The highest BCUT2D eigenvalue weighted by molar-refractivity contribution is 5.68. The number of alkyl halides is 3. The van der Waals surface area contributed by atoms with Crippen LogP contribution >= 0.6 is 0 Å². The highest BCUT2D eigenvalue weighted by atomic mass is 19.4. The summed E-state index contributed by atoms with van der Waals surface area (Å²) in [6.07, 6.45) is -5.38. The number of hydrogen-bond donors (Lipinski definition) is 0. The first-order valence-corrected chi connectivity index (χ1v) is 10.8. The minimum atomic E-state index is -4.34. The van der Waals surface area contributed by atoms with Crippen LogP contribution in [0.3, 0.4) is 0 Å². The molecule has 1 heterocycles. The van der Waals surface area contributed by atoms with Crippen LogP contribution in [0.2, 0.25) is 0 Å². The third kappa shape index (κ3) is 8.56. The summed E-state index contributed by atoms with van der Waals surface area (Å²) in [5.41, 5.74) is -0.708.